The number of aromatic amines is 1. The van der Waals surface area contributed by atoms with Crippen LogP contribution in [0, 0.1) is 0 Å². The van der Waals surface area contributed by atoms with Crippen molar-refractivity contribution in [1.29, 1.82) is 0 Å². The van der Waals surface area contributed by atoms with Crippen LogP contribution >= 0.6 is 11.3 Å². The standard InChI is InChI=1S/C13H14N4O3S/c18-6-8-5-17-1-2-20-10-9(17)12(13(19)16-8)21-11(10)7-3-14-15-4-7/h3-4,8,18H,1-2,5-6H2,(H,14,15)(H,16,19)/t8-/m1/s1. The van der Waals surface area contributed by atoms with Crippen molar-refractivity contribution in [3.8, 4) is 16.2 Å². The van der Waals surface area contributed by atoms with Gasteiger partial charge >= 0.3 is 0 Å². The van der Waals surface area contributed by atoms with Crippen LogP contribution in [0.4, 0.5) is 5.69 Å². The Balaban J connectivity index is 1.87. The van der Waals surface area contributed by atoms with Crippen LogP contribution in [0.5, 0.6) is 5.75 Å². The van der Waals surface area contributed by atoms with E-state index >= 15 is 0 Å². The number of anilines is 1. The molecule has 3 N–H and O–H groups in total. The van der Waals surface area contributed by atoms with Crippen molar-refractivity contribution in [2.24, 2.45) is 0 Å². The van der Waals surface area contributed by atoms with Crippen molar-refractivity contribution in [1.82, 2.24) is 15.5 Å². The lowest BCUT2D eigenvalue weighted by Gasteiger charge is -2.30. The van der Waals surface area contributed by atoms with Crippen LogP contribution in [0.15, 0.2) is 12.4 Å². The van der Waals surface area contributed by atoms with Crippen molar-refractivity contribution in [3.63, 3.8) is 0 Å². The molecular formula is C13H14N4O3S. The zero-order valence-corrected chi connectivity index (χ0v) is 11.9. The number of hydrogen-bond acceptors (Lipinski definition) is 6. The van der Waals surface area contributed by atoms with Crippen molar-refractivity contribution in [2.75, 3.05) is 31.2 Å². The monoisotopic (exact) mass is 306 g/mol. The number of hydrogen-bond donors (Lipinski definition) is 3. The maximum absolute atomic E-state index is 12.4. The first-order valence-corrected chi connectivity index (χ1v) is 7.55. The molecule has 0 aromatic carbocycles. The van der Waals surface area contributed by atoms with Gasteiger partial charge in [-0.3, -0.25) is 9.89 Å². The second-order valence-corrected chi connectivity index (χ2v) is 6.09. The number of carbonyl (C=O) groups excluding carboxylic acids is 1. The quantitative estimate of drug-likeness (QED) is 0.749. The molecule has 1 amide bonds. The molecule has 0 saturated heterocycles. The van der Waals surface area contributed by atoms with Gasteiger partial charge in [-0.15, -0.1) is 11.3 Å². The lowest BCUT2D eigenvalue weighted by Crippen LogP contribution is -2.44. The van der Waals surface area contributed by atoms with Crippen LogP contribution in [0.25, 0.3) is 10.4 Å². The molecular weight excluding hydrogens is 292 g/mol. The van der Waals surface area contributed by atoms with E-state index in [9.17, 15) is 9.90 Å². The predicted octanol–water partition coefficient (Wildman–Crippen LogP) is 0.441. The first-order valence-electron chi connectivity index (χ1n) is 6.73. The molecule has 7 nitrogen and oxygen atoms in total. The number of aromatic nitrogens is 2. The Bertz CT molecular complexity index is 682. The number of thiophene rings is 1. The Morgan fingerprint density at radius 3 is 3.19 bits per heavy atom. The second kappa shape index (κ2) is 4.74. The van der Waals surface area contributed by atoms with Crippen LogP contribution in [0.3, 0.4) is 0 Å². The summed E-state index contributed by atoms with van der Waals surface area (Å²) < 4.78 is 5.82. The molecule has 0 spiro atoms. The van der Waals surface area contributed by atoms with Crippen LogP contribution in [-0.4, -0.2) is 53.6 Å². The van der Waals surface area contributed by atoms with E-state index in [0.29, 0.717) is 24.6 Å². The van der Waals surface area contributed by atoms with E-state index in [1.807, 2.05) is 0 Å². The molecule has 0 unspecified atom stereocenters. The minimum absolute atomic E-state index is 0.0675. The second-order valence-electron chi connectivity index (χ2n) is 5.07. The minimum atomic E-state index is -0.250. The Kier molecular flexibility index (Phi) is 2.86. The summed E-state index contributed by atoms with van der Waals surface area (Å²) in [6.07, 6.45) is 3.51. The van der Waals surface area contributed by atoms with Crippen LogP contribution in [0.2, 0.25) is 0 Å². The normalized spacial score (nSPS) is 20.5. The van der Waals surface area contributed by atoms with Crippen LogP contribution in [0.1, 0.15) is 9.67 Å². The Labute approximate surface area is 124 Å². The molecule has 0 bridgehead atoms. The smallest absolute Gasteiger partial charge is 0.264 e. The number of nitrogens with zero attached hydrogens (tertiary/aromatic N) is 2. The molecule has 0 aliphatic carbocycles. The molecule has 2 aliphatic heterocycles. The van der Waals surface area contributed by atoms with Crippen molar-refractivity contribution in [3.05, 3.63) is 17.3 Å². The molecule has 0 saturated carbocycles. The third-order valence-electron chi connectivity index (χ3n) is 3.73. The topological polar surface area (TPSA) is 90.5 Å². The Morgan fingerprint density at radius 2 is 2.43 bits per heavy atom. The molecule has 4 heterocycles. The average Bonchev–Trinajstić information content (AvgIpc) is 3.10. The summed E-state index contributed by atoms with van der Waals surface area (Å²) in [7, 11) is 0. The third kappa shape index (κ3) is 1.90. The lowest BCUT2D eigenvalue weighted by molar-refractivity contribution is 0.0928. The number of nitrogens with one attached hydrogen (secondary N) is 2. The fourth-order valence-electron chi connectivity index (χ4n) is 2.77. The number of amides is 1. The predicted molar refractivity (Wildman–Crippen MR) is 77.9 cm³/mol. The van der Waals surface area contributed by atoms with Gasteiger partial charge in [-0.25, -0.2) is 0 Å². The zero-order chi connectivity index (χ0) is 14.4. The molecule has 4 rings (SSSR count). The number of aliphatic hydroxyl groups excluding tert-OH is 1. The molecule has 110 valence electrons. The fourth-order valence-corrected chi connectivity index (χ4v) is 3.92. The van der Waals surface area contributed by atoms with Gasteiger partial charge in [0.2, 0.25) is 0 Å². The van der Waals surface area contributed by atoms with Gasteiger partial charge in [0, 0.05) is 18.3 Å². The Hall–Kier alpha value is -2.06. The van der Waals surface area contributed by atoms with E-state index in [-0.39, 0.29) is 18.6 Å². The molecule has 21 heavy (non-hydrogen) atoms. The summed E-state index contributed by atoms with van der Waals surface area (Å²) >= 11 is 1.40. The third-order valence-corrected chi connectivity index (χ3v) is 4.94. The highest BCUT2D eigenvalue weighted by atomic mass is 32.1. The molecule has 2 aliphatic rings. The summed E-state index contributed by atoms with van der Waals surface area (Å²) in [6.45, 7) is 1.81. The highest BCUT2D eigenvalue weighted by Gasteiger charge is 2.35. The summed E-state index contributed by atoms with van der Waals surface area (Å²) in [6, 6.07) is -0.250. The zero-order valence-electron chi connectivity index (χ0n) is 11.1. The maximum Gasteiger partial charge on any atom is 0.264 e. The summed E-state index contributed by atoms with van der Waals surface area (Å²) in [4.78, 5) is 16.0. The highest BCUT2D eigenvalue weighted by Crippen LogP contribution is 2.49. The van der Waals surface area contributed by atoms with Gasteiger partial charge in [0.25, 0.3) is 5.91 Å². The SMILES string of the molecule is O=C1N[C@@H](CO)CN2CCOc3c(-c4cn[nH]c4)sc1c32. The van der Waals surface area contributed by atoms with E-state index < -0.39 is 0 Å². The van der Waals surface area contributed by atoms with E-state index in [4.69, 9.17) is 4.74 Å². The fraction of sp³-hybridized carbons (Fsp3) is 0.385. The van der Waals surface area contributed by atoms with Crippen LogP contribution in [-0.2, 0) is 0 Å². The van der Waals surface area contributed by atoms with Gasteiger partial charge in [0.05, 0.1) is 30.3 Å². The molecule has 1 atom stereocenters. The summed E-state index contributed by atoms with van der Waals surface area (Å²) in [5.74, 6) is 0.592. The van der Waals surface area contributed by atoms with Gasteiger partial charge in [-0.05, 0) is 0 Å². The van der Waals surface area contributed by atoms with Gasteiger partial charge in [0.15, 0.2) is 5.75 Å². The molecule has 2 aromatic heterocycles. The summed E-state index contributed by atoms with van der Waals surface area (Å²) in [5, 5.41) is 19.0. The highest BCUT2D eigenvalue weighted by molar-refractivity contribution is 7.18. The van der Waals surface area contributed by atoms with Gasteiger partial charge < -0.3 is 20.1 Å². The summed E-state index contributed by atoms with van der Waals surface area (Å²) in [5.41, 5.74) is 1.76. The van der Waals surface area contributed by atoms with Gasteiger partial charge in [-0.1, -0.05) is 0 Å². The van der Waals surface area contributed by atoms with Gasteiger partial charge in [-0.2, -0.15) is 5.10 Å². The van der Waals surface area contributed by atoms with E-state index in [0.717, 1.165) is 21.9 Å². The van der Waals surface area contributed by atoms with Crippen molar-refractivity contribution in [2.45, 2.75) is 6.04 Å². The first kappa shape index (κ1) is 12.7. The molecule has 0 radical (unpaired) electrons. The van der Waals surface area contributed by atoms with Crippen LogP contribution < -0.4 is 15.0 Å². The van der Waals surface area contributed by atoms with E-state index in [2.05, 4.69) is 20.4 Å². The van der Waals surface area contributed by atoms with E-state index in [1.165, 1.54) is 11.3 Å². The van der Waals surface area contributed by atoms with Crippen molar-refractivity contribution >= 4 is 22.9 Å². The Morgan fingerprint density at radius 1 is 1.52 bits per heavy atom. The largest absolute Gasteiger partial charge is 0.488 e. The maximum atomic E-state index is 12.4. The molecule has 2 aromatic rings. The number of ether oxygens (including phenoxy) is 1. The van der Waals surface area contributed by atoms with Gasteiger partial charge in [0.1, 0.15) is 17.2 Å². The average molecular weight is 306 g/mol. The first-order chi connectivity index (χ1) is 10.3. The molecule has 0 fully saturated rings. The lowest BCUT2D eigenvalue weighted by atomic mass is 10.2. The van der Waals surface area contributed by atoms with Crippen molar-refractivity contribution < 1.29 is 14.6 Å². The number of aliphatic hydroxyl groups is 1. The minimum Gasteiger partial charge on any atom is -0.488 e. The number of rotatable bonds is 2. The molecule has 8 heteroatoms. The van der Waals surface area contributed by atoms with E-state index in [1.54, 1.807) is 12.4 Å². The number of H-pyrrole nitrogens is 1. The number of carbonyl (C=O) groups is 1.